The van der Waals surface area contributed by atoms with Gasteiger partial charge in [0, 0.05) is 12.4 Å². The van der Waals surface area contributed by atoms with Gasteiger partial charge in [-0.1, -0.05) is 0 Å². The van der Waals surface area contributed by atoms with Crippen LogP contribution < -0.4 is 5.32 Å². The summed E-state index contributed by atoms with van der Waals surface area (Å²) >= 11 is 0. The van der Waals surface area contributed by atoms with Crippen molar-refractivity contribution in [1.82, 2.24) is 15.3 Å². The first-order chi connectivity index (χ1) is 5.50. The lowest BCUT2D eigenvalue weighted by Crippen LogP contribution is -2.03. The molecule has 60 valence electrons. The fourth-order valence-electron chi connectivity index (χ4n) is 0.878. The normalized spacial score (nSPS) is 15.3. The second-order valence-corrected chi connectivity index (χ2v) is 2.36. The molecule has 2 rings (SSSR count). The van der Waals surface area contributed by atoms with Gasteiger partial charge in [-0.05, 0) is 32.0 Å². The van der Waals surface area contributed by atoms with Gasteiger partial charge in [-0.25, -0.2) is 9.97 Å². The number of rotatable bonds is 0. The van der Waals surface area contributed by atoms with E-state index in [-0.39, 0.29) is 0 Å². The van der Waals surface area contributed by atoms with Crippen LogP contribution in [0.3, 0.4) is 0 Å². The largest absolute Gasteiger partial charge is 0.317 e. The summed E-state index contributed by atoms with van der Waals surface area (Å²) in [5, 5.41) is 3.22. The second-order valence-electron chi connectivity index (χ2n) is 2.36. The summed E-state index contributed by atoms with van der Waals surface area (Å²) in [6.07, 6.45) is 7.65. The molecule has 0 bridgehead atoms. The third-order valence-electron chi connectivity index (χ3n) is 1.43. The minimum absolute atomic E-state index is 1.25. The van der Waals surface area contributed by atoms with E-state index in [1.165, 1.54) is 32.3 Å². The van der Waals surface area contributed by atoms with Gasteiger partial charge in [-0.15, -0.1) is 0 Å². The molecule has 0 saturated carbocycles. The maximum atomic E-state index is 3.67. The summed E-state index contributed by atoms with van der Waals surface area (Å²) in [5.41, 5.74) is 0. The number of hydrogen-bond donors (Lipinski definition) is 1. The summed E-state index contributed by atoms with van der Waals surface area (Å²) in [5.74, 6) is 0. The molecule has 0 amide bonds. The van der Waals surface area contributed by atoms with Crippen molar-refractivity contribution in [2.75, 3.05) is 13.1 Å². The first-order valence-corrected chi connectivity index (χ1v) is 3.91. The van der Waals surface area contributed by atoms with Crippen molar-refractivity contribution in [2.45, 2.75) is 12.8 Å². The molecule has 1 fully saturated rings. The zero-order chi connectivity index (χ0) is 7.78. The van der Waals surface area contributed by atoms with E-state index in [0.29, 0.717) is 0 Å². The smallest absolute Gasteiger partial charge is 0.115 e. The van der Waals surface area contributed by atoms with Gasteiger partial charge in [0.15, 0.2) is 0 Å². The zero-order valence-electron chi connectivity index (χ0n) is 6.53. The molecular weight excluding hydrogens is 138 g/mol. The SMILES string of the molecule is C1CCNC1.c1cncnc1. The van der Waals surface area contributed by atoms with Crippen molar-refractivity contribution >= 4 is 0 Å². The van der Waals surface area contributed by atoms with Crippen molar-refractivity contribution in [1.29, 1.82) is 0 Å². The van der Waals surface area contributed by atoms with E-state index in [0.717, 1.165) is 0 Å². The number of aromatic nitrogens is 2. The van der Waals surface area contributed by atoms with Gasteiger partial charge in [0.1, 0.15) is 6.33 Å². The van der Waals surface area contributed by atoms with Gasteiger partial charge in [-0.2, -0.15) is 0 Å². The van der Waals surface area contributed by atoms with Crippen LogP contribution in [0.2, 0.25) is 0 Å². The molecule has 1 aromatic rings. The van der Waals surface area contributed by atoms with E-state index in [1.807, 2.05) is 0 Å². The van der Waals surface area contributed by atoms with Gasteiger partial charge in [0.25, 0.3) is 0 Å². The summed E-state index contributed by atoms with van der Waals surface area (Å²) in [6.45, 7) is 2.50. The molecule has 0 unspecified atom stereocenters. The van der Waals surface area contributed by atoms with Crippen LogP contribution >= 0.6 is 0 Å². The van der Waals surface area contributed by atoms with Crippen LogP contribution in [0.15, 0.2) is 24.8 Å². The predicted molar refractivity (Wildman–Crippen MR) is 44.1 cm³/mol. The van der Waals surface area contributed by atoms with Crippen LogP contribution in [0, 0.1) is 0 Å². The fourth-order valence-corrected chi connectivity index (χ4v) is 0.878. The molecule has 0 radical (unpaired) electrons. The molecule has 0 aliphatic carbocycles. The highest BCUT2D eigenvalue weighted by atomic mass is 14.9. The monoisotopic (exact) mass is 151 g/mol. The molecule has 0 aromatic carbocycles. The lowest BCUT2D eigenvalue weighted by atomic mass is 10.4. The van der Waals surface area contributed by atoms with Gasteiger partial charge in [0.2, 0.25) is 0 Å². The Morgan fingerprint density at radius 3 is 1.82 bits per heavy atom. The van der Waals surface area contributed by atoms with Gasteiger partial charge >= 0.3 is 0 Å². The van der Waals surface area contributed by atoms with Crippen LogP contribution in [0.4, 0.5) is 0 Å². The second kappa shape index (κ2) is 5.80. The topological polar surface area (TPSA) is 37.8 Å². The first kappa shape index (κ1) is 8.14. The quantitative estimate of drug-likeness (QED) is 0.597. The summed E-state index contributed by atoms with van der Waals surface area (Å²) < 4.78 is 0. The molecular formula is C8H13N3. The molecule has 0 spiro atoms. The molecule has 3 nitrogen and oxygen atoms in total. The predicted octanol–water partition coefficient (Wildman–Crippen LogP) is 0.846. The Labute approximate surface area is 66.9 Å². The highest BCUT2D eigenvalue weighted by molar-refractivity contribution is 4.74. The third kappa shape index (κ3) is 4.44. The number of nitrogens with zero attached hydrogens (tertiary/aromatic N) is 2. The van der Waals surface area contributed by atoms with E-state index < -0.39 is 0 Å². The Morgan fingerprint density at radius 2 is 1.64 bits per heavy atom. The van der Waals surface area contributed by atoms with E-state index in [1.54, 1.807) is 18.5 Å². The van der Waals surface area contributed by atoms with E-state index >= 15 is 0 Å². The lowest BCUT2D eigenvalue weighted by Gasteiger charge is -1.76. The van der Waals surface area contributed by atoms with Crippen LogP contribution in [-0.4, -0.2) is 23.1 Å². The molecule has 1 aromatic heterocycles. The third-order valence-corrected chi connectivity index (χ3v) is 1.43. The van der Waals surface area contributed by atoms with Crippen molar-refractivity contribution in [3.8, 4) is 0 Å². The molecule has 11 heavy (non-hydrogen) atoms. The summed E-state index contributed by atoms with van der Waals surface area (Å²) in [7, 11) is 0. The molecule has 3 heteroatoms. The summed E-state index contributed by atoms with van der Waals surface area (Å²) in [4.78, 5) is 7.35. The Hall–Kier alpha value is -0.960. The van der Waals surface area contributed by atoms with E-state index in [4.69, 9.17) is 0 Å². The van der Waals surface area contributed by atoms with Crippen LogP contribution in [-0.2, 0) is 0 Å². The van der Waals surface area contributed by atoms with Crippen molar-refractivity contribution in [3.63, 3.8) is 0 Å². The van der Waals surface area contributed by atoms with Crippen molar-refractivity contribution in [3.05, 3.63) is 24.8 Å². The van der Waals surface area contributed by atoms with Crippen LogP contribution in [0.1, 0.15) is 12.8 Å². The fraction of sp³-hybridized carbons (Fsp3) is 0.500. The highest BCUT2D eigenvalue weighted by Crippen LogP contribution is 1.90. The van der Waals surface area contributed by atoms with Gasteiger partial charge in [-0.3, -0.25) is 0 Å². The van der Waals surface area contributed by atoms with Crippen molar-refractivity contribution < 1.29 is 0 Å². The Morgan fingerprint density at radius 1 is 1.00 bits per heavy atom. The van der Waals surface area contributed by atoms with Gasteiger partial charge < -0.3 is 5.32 Å². The van der Waals surface area contributed by atoms with Crippen LogP contribution in [0.5, 0.6) is 0 Å². The Balaban J connectivity index is 0.000000112. The molecule has 1 aliphatic heterocycles. The van der Waals surface area contributed by atoms with E-state index in [9.17, 15) is 0 Å². The molecule has 2 heterocycles. The minimum atomic E-state index is 1.25. The average molecular weight is 151 g/mol. The van der Waals surface area contributed by atoms with Gasteiger partial charge in [0.05, 0.1) is 0 Å². The standard InChI is InChI=1S/C4H4N2.C4H9N/c1-2-5-4-6-3-1;1-2-4-5-3-1/h1-4H;5H,1-4H2. The molecule has 1 saturated heterocycles. The molecule has 1 aliphatic rings. The van der Waals surface area contributed by atoms with Crippen molar-refractivity contribution in [2.24, 2.45) is 0 Å². The Kier molecular flexibility index (Phi) is 4.29. The first-order valence-electron chi connectivity index (χ1n) is 3.91. The minimum Gasteiger partial charge on any atom is -0.317 e. The molecule has 1 N–H and O–H groups in total. The number of hydrogen-bond acceptors (Lipinski definition) is 3. The highest BCUT2D eigenvalue weighted by Gasteiger charge is 1.93. The Bertz CT molecular complexity index is 126. The van der Waals surface area contributed by atoms with Crippen LogP contribution in [0.25, 0.3) is 0 Å². The maximum Gasteiger partial charge on any atom is 0.115 e. The maximum absolute atomic E-state index is 3.67. The summed E-state index contributed by atoms with van der Waals surface area (Å²) in [6, 6.07) is 1.78. The lowest BCUT2D eigenvalue weighted by molar-refractivity contribution is 0.857. The number of nitrogens with one attached hydrogen (secondary N) is 1. The zero-order valence-corrected chi connectivity index (χ0v) is 6.53. The average Bonchev–Trinajstić information content (AvgIpc) is 2.64. The van der Waals surface area contributed by atoms with E-state index in [2.05, 4.69) is 15.3 Å². The molecule has 0 atom stereocenters.